The molecular formula is C12H16N4O2S. The van der Waals surface area contributed by atoms with E-state index in [4.69, 9.17) is 11.0 Å². The minimum absolute atomic E-state index is 0.0424. The molecule has 1 aromatic heterocycles. The number of rotatable bonds is 2. The van der Waals surface area contributed by atoms with E-state index in [1.807, 2.05) is 13.0 Å². The van der Waals surface area contributed by atoms with E-state index in [0.29, 0.717) is 12.5 Å². The fraction of sp³-hybridized carbons (Fsp3) is 0.500. The summed E-state index contributed by atoms with van der Waals surface area (Å²) in [5, 5.41) is 8.95. The Balaban J connectivity index is 2.36. The molecule has 1 aliphatic rings. The maximum absolute atomic E-state index is 12.5. The molecule has 2 rings (SSSR count). The lowest BCUT2D eigenvalue weighted by molar-refractivity contribution is 0.253. The van der Waals surface area contributed by atoms with Gasteiger partial charge in [0.2, 0.25) is 10.0 Å². The lowest BCUT2D eigenvalue weighted by atomic mass is 9.96. The van der Waals surface area contributed by atoms with Gasteiger partial charge in [0.15, 0.2) is 5.69 Å². The summed E-state index contributed by atoms with van der Waals surface area (Å²) in [6.45, 7) is 2.72. The van der Waals surface area contributed by atoms with Crippen molar-refractivity contribution < 1.29 is 8.42 Å². The minimum Gasteiger partial charge on any atom is -0.326 e. The fourth-order valence-electron chi connectivity index (χ4n) is 2.11. The first-order valence-corrected chi connectivity index (χ1v) is 7.51. The second kappa shape index (κ2) is 5.25. The third-order valence-electron chi connectivity index (χ3n) is 3.47. The zero-order valence-corrected chi connectivity index (χ0v) is 11.5. The highest BCUT2D eigenvalue weighted by atomic mass is 32.2. The van der Waals surface area contributed by atoms with Crippen LogP contribution in [0.25, 0.3) is 0 Å². The quantitative estimate of drug-likeness (QED) is 0.840. The topological polar surface area (TPSA) is 100 Å². The molecule has 1 fully saturated rings. The van der Waals surface area contributed by atoms with E-state index in [0.717, 1.165) is 6.42 Å². The number of piperidine rings is 1. The van der Waals surface area contributed by atoms with Gasteiger partial charge in [-0.05, 0) is 24.5 Å². The molecule has 19 heavy (non-hydrogen) atoms. The summed E-state index contributed by atoms with van der Waals surface area (Å²) in [5.41, 5.74) is 5.85. The SMILES string of the molecule is CC1CCN(S(=O)(=O)c2cccnc2C#N)CC1N. The standard InChI is InChI=1S/C12H16N4O2S/c1-9-4-6-16(8-10(9)14)19(17,18)12-3-2-5-15-11(12)7-13/h2-3,5,9-10H,4,6,8,14H2,1H3. The van der Waals surface area contributed by atoms with Crippen molar-refractivity contribution in [2.24, 2.45) is 11.7 Å². The molecular weight excluding hydrogens is 264 g/mol. The summed E-state index contributed by atoms with van der Waals surface area (Å²) in [5.74, 6) is 0.302. The predicted octanol–water partition coefficient (Wildman–Crippen LogP) is 0.311. The van der Waals surface area contributed by atoms with Crippen LogP contribution in [-0.2, 0) is 10.0 Å². The van der Waals surface area contributed by atoms with Crippen LogP contribution in [0, 0.1) is 17.2 Å². The maximum Gasteiger partial charge on any atom is 0.246 e. The van der Waals surface area contributed by atoms with E-state index < -0.39 is 10.0 Å². The molecule has 102 valence electrons. The molecule has 1 saturated heterocycles. The Labute approximate surface area is 112 Å². The van der Waals surface area contributed by atoms with Gasteiger partial charge in [-0.1, -0.05) is 6.92 Å². The number of hydrogen-bond donors (Lipinski definition) is 1. The molecule has 0 aromatic carbocycles. The zero-order valence-electron chi connectivity index (χ0n) is 10.7. The van der Waals surface area contributed by atoms with Crippen molar-refractivity contribution >= 4 is 10.0 Å². The monoisotopic (exact) mass is 280 g/mol. The lowest BCUT2D eigenvalue weighted by Crippen LogP contribution is -2.49. The third-order valence-corrected chi connectivity index (χ3v) is 5.37. The Morgan fingerprint density at radius 3 is 2.95 bits per heavy atom. The van der Waals surface area contributed by atoms with Gasteiger partial charge < -0.3 is 5.73 Å². The highest BCUT2D eigenvalue weighted by Gasteiger charge is 2.33. The number of nitrogens with zero attached hydrogens (tertiary/aromatic N) is 3. The van der Waals surface area contributed by atoms with Crippen LogP contribution in [0.4, 0.5) is 0 Å². The molecule has 2 atom stereocenters. The first kappa shape index (κ1) is 13.9. The van der Waals surface area contributed by atoms with Crippen LogP contribution < -0.4 is 5.73 Å². The summed E-state index contributed by atoms with van der Waals surface area (Å²) in [6, 6.07) is 4.56. The van der Waals surface area contributed by atoms with Gasteiger partial charge >= 0.3 is 0 Å². The Morgan fingerprint density at radius 1 is 1.58 bits per heavy atom. The van der Waals surface area contributed by atoms with E-state index in [-0.39, 0.29) is 23.2 Å². The van der Waals surface area contributed by atoms with Crippen molar-refractivity contribution in [3.63, 3.8) is 0 Å². The van der Waals surface area contributed by atoms with Gasteiger partial charge in [-0.3, -0.25) is 0 Å². The summed E-state index contributed by atoms with van der Waals surface area (Å²) in [4.78, 5) is 3.75. The summed E-state index contributed by atoms with van der Waals surface area (Å²) in [7, 11) is -3.69. The average Bonchev–Trinajstić information content (AvgIpc) is 2.41. The second-order valence-corrected chi connectivity index (χ2v) is 6.66. The highest BCUT2D eigenvalue weighted by molar-refractivity contribution is 7.89. The van der Waals surface area contributed by atoms with Gasteiger partial charge in [-0.15, -0.1) is 0 Å². The van der Waals surface area contributed by atoms with E-state index in [2.05, 4.69) is 4.98 Å². The number of pyridine rings is 1. The first-order valence-electron chi connectivity index (χ1n) is 6.07. The molecule has 0 saturated carbocycles. The zero-order chi connectivity index (χ0) is 14.0. The molecule has 0 aliphatic carbocycles. The van der Waals surface area contributed by atoms with Gasteiger partial charge in [-0.2, -0.15) is 9.57 Å². The van der Waals surface area contributed by atoms with Crippen molar-refractivity contribution in [3.05, 3.63) is 24.0 Å². The Kier molecular flexibility index (Phi) is 3.85. The van der Waals surface area contributed by atoms with E-state index in [1.165, 1.54) is 22.6 Å². The third kappa shape index (κ3) is 2.61. The molecule has 2 unspecified atom stereocenters. The van der Waals surface area contributed by atoms with Crippen LogP contribution in [0.15, 0.2) is 23.2 Å². The number of nitriles is 1. The Bertz CT molecular complexity index is 608. The minimum atomic E-state index is -3.69. The number of hydrogen-bond acceptors (Lipinski definition) is 5. The predicted molar refractivity (Wildman–Crippen MR) is 69.5 cm³/mol. The van der Waals surface area contributed by atoms with E-state index in [1.54, 1.807) is 0 Å². The van der Waals surface area contributed by atoms with Crippen molar-refractivity contribution in [1.82, 2.24) is 9.29 Å². The van der Waals surface area contributed by atoms with E-state index >= 15 is 0 Å². The van der Waals surface area contributed by atoms with Crippen LogP contribution in [0.1, 0.15) is 19.0 Å². The molecule has 2 N–H and O–H groups in total. The number of sulfonamides is 1. The van der Waals surface area contributed by atoms with Crippen LogP contribution >= 0.6 is 0 Å². The molecule has 6 nitrogen and oxygen atoms in total. The Morgan fingerprint density at radius 2 is 2.32 bits per heavy atom. The highest BCUT2D eigenvalue weighted by Crippen LogP contribution is 2.24. The second-order valence-electron chi connectivity index (χ2n) is 4.75. The Hall–Kier alpha value is -1.49. The van der Waals surface area contributed by atoms with Gasteiger partial charge in [0.05, 0.1) is 0 Å². The molecule has 1 aliphatic heterocycles. The molecule has 1 aromatic rings. The van der Waals surface area contributed by atoms with Crippen molar-refractivity contribution in [3.8, 4) is 6.07 Å². The van der Waals surface area contributed by atoms with E-state index in [9.17, 15) is 8.42 Å². The van der Waals surface area contributed by atoms with Crippen LogP contribution in [0.3, 0.4) is 0 Å². The largest absolute Gasteiger partial charge is 0.326 e. The summed E-state index contributed by atoms with van der Waals surface area (Å²) in [6.07, 6.45) is 2.13. The van der Waals surface area contributed by atoms with Crippen molar-refractivity contribution in [1.29, 1.82) is 5.26 Å². The molecule has 0 radical (unpaired) electrons. The van der Waals surface area contributed by atoms with Crippen molar-refractivity contribution in [2.75, 3.05) is 13.1 Å². The number of aromatic nitrogens is 1. The molecule has 2 heterocycles. The molecule has 0 bridgehead atoms. The average molecular weight is 280 g/mol. The summed E-state index contributed by atoms with van der Waals surface area (Å²) < 4.78 is 26.3. The first-order chi connectivity index (χ1) is 8.96. The van der Waals surface area contributed by atoms with Crippen LogP contribution in [0.5, 0.6) is 0 Å². The van der Waals surface area contributed by atoms with Gasteiger partial charge in [0, 0.05) is 25.3 Å². The number of nitrogens with two attached hydrogens (primary N) is 1. The van der Waals surface area contributed by atoms with Crippen molar-refractivity contribution in [2.45, 2.75) is 24.3 Å². The van der Waals surface area contributed by atoms with Gasteiger partial charge in [0.1, 0.15) is 11.0 Å². The maximum atomic E-state index is 12.5. The molecule has 0 amide bonds. The normalized spacial score (nSPS) is 24.9. The van der Waals surface area contributed by atoms with Gasteiger partial charge in [0.25, 0.3) is 0 Å². The summed E-state index contributed by atoms with van der Waals surface area (Å²) >= 11 is 0. The smallest absolute Gasteiger partial charge is 0.246 e. The lowest BCUT2D eigenvalue weighted by Gasteiger charge is -2.34. The molecule has 0 spiro atoms. The van der Waals surface area contributed by atoms with Crippen LogP contribution in [-0.4, -0.2) is 36.8 Å². The fourth-order valence-corrected chi connectivity index (χ4v) is 3.69. The van der Waals surface area contributed by atoms with Gasteiger partial charge in [-0.25, -0.2) is 13.4 Å². The van der Waals surface area contributed by atoms with Crippen LogP contribution in [0.2, 0.25) is 0 Å². The molecule has 7 heteroatoms.